The van der Waals surface area contributed by atoms with Gasteiger partial charge in [0, 0.05) is 68.6 Å². The number of amides is 2. The molecule has 0 spiro atoms. The third-order valence-electron chi connectivity index (χ3n) is 6.87. The number of fused-ring (bicyclic) bond motifs is 2. The lowest BCUT2D eigenvalue weighted by Crippen LogP contribution is -2.50. The summed E-state index contributed by atoms with van der Waals surface area (Å²) in [7, 11) is 3.39. The average Bonchev–Trinajstić information content (AvgIpc) is 3.31. The summed E-state index contributed by atoms with van der Waals surface area (Å²) in [6.07, 6.45) is 1.58. The molecular weight excluding hydrogens is 526 g/mol. The topological polar surface area (TPSA) is 138 Å². The predicted molar refractivity (Wildman–Crippen MR) is 155 cm³/mol. The molecule has 3 heterocycles. The van der Waals surface area contributed by atoms with E-state index in [-0.39, 0.29) is 18.6 Å². The molecule has 2 N–H and O–H groups in total. The van der Waals surface area contributed by atoms with Crippen LogP contribution in [-0.2, 0) is 16.5 Å². The number of nitrogens with two attached hydrogens (primary N) is 1. The zero-order chi connectivity index (χ0) is 29.5. The monoisotopic (exact) mass is 561 g/mol. The molecule has 1 fully saturated rings. The Morgan fingerprint density at radius 1 is 1.07 bits per heavy atom. The molecular formula is C29H35N7O5. The largest absolute Gasteiger partial charge is 0.466 e. The van der Waals surface area contributed by atoms with E-state index in [1.165, 1.54) is 0 Å². The number of piperazine rings is 1. The van der Waals surface area contributed by atoms with Crippen LogP contribution in [0, 0.1) is 6.92 Å². The summed E-state index contributed by atoms with van der Waals surface area (Å²) in [6, 6.07) is 7.57. The minimum Gasteiger partial charge on any atom is -0.466 e. The third kappa shape index (κ3) is 5.73. The number of benzene rings is 2. The zero-order valence-electron chi connectivity index (χ0n) is 24.2. The van der Waals surface area contributed by atoms with Gasteiger partial charge in [0.25, 0.3) is 5.91 Å². The summed E-state index contributed by atoms with van der Waals surface area (Å²) in [6.45, 7) is 9.75. The molecule has 0 radical (unpaired) electrons. The summed E-state index contributed by atoms with van der Waals surface area (Å²) in [5.41, 5.74) is 9.05. The van der Waals surface area contributed by atoms with Gasteiger partial charge in [0.05, 0.1) is 16.6 Å². The van der Waals surface area contributed by atoms with Gasteiger partial charge in [0.1, 0.15) is 17.0 Å². The lowest BCUT2D eigenvalue weighted by molar-refractivity contribution is 0.0240. The van der Waals surface area contributed by atoms with E-state index in [4.69, 9.17) is 24.9 Å². The first-order valence-electron chi connectivity index (χ1n) is 13.4. The lowest BCUT2D eigenvalue weighted by Gasteiger charge is -2.36. The maximum atomic E-state index is 12.7. The number of hydrogen-bond acceptors (Lipinski definition) is 9. The number of methoxy groups -OCH3 is 1. The normalized spacial score (nSPS) is 14.1. The van der Waals surface area contributed by atoms with Crippen molar-refractivity contribution in [3.05, 3.63) is 41.7 Å². The summed E-state index contributed by atoms with van der Waals surface area (Å²) >= 11 is 0. The first-order chi connectivity index (χ1) is 19.4. The fourth-order valence-corrected chi connectivity index (χ4v) is 5.00. The smallest absolute Gasteiger partial charge is 0.410 e. The van der Waals surface area contributed by atoms with E-state index in [0.717, 1.165) is 22.2 Å². The van der Waals surface area contributed by atoms with E-state index in [9.17, 15) is 9.59 Å². The lowest BCUT2D eigenvalue weighted by atomic mass is 10.0. The molecule has 0 unspecified atom stereocenters. The number of carbonyl (C=O) groups is 2. The van der Waals surface area contributed by atoms with Gasteiger partial charge in [-0.3, -0.25) is 9.48 Å². The molecule has 2 aromatic heterocycles. The zero-order valence-corrected chi connectivity index (χ0v) is 24.2. The molecule has 1 aliphatic rings. The molecule has 1 aliphatic heterocycles. The van der Waals surface area contributed by atoms with Crippen LogP contribution in [-0.4, -0.2) is 82.3 Å². The molecule has 2 amide bonds. The highest BCUT2D eigenvalue weighted by molar-refractivity contribution is 6.05. The molecule has 12 heteroatoms. The van der Waals surface area contributed by atoms with Gasteiger partial charge in [-0.1, -0.05) is 0 Å². The van der Waals surface area contributed by atoms with Crippen LogP contribution in [0.4, 0.5) is 10.5 Å². The van der Waals surface area contributed by atoms with Gasteiger partial charge in [-0.05, 0) is 52.0 Å². The van der Waals surface area contributed by atoms with Crippen LogP contribution >= 0.6 is 0 Å². The van der Waals surface area contributed by atoms with Gasteiger partial charge in [-0.2, -0.15) is 5.10 Å². The number of hydrogen-bond donors (Lipinski definition) is 1. The first kappa shape index (κ1) is 28.1. The molecule has 216 valence electrons. The van der Waals surface area contributed by atoms with Gasteiger partial charge in [-0.15, -0.1) is 0 Å². The molecule has 4 aromatic rings. The van der Waals surface area contributed by atoms with Crippen LogP contribution in [0.2, 0.25) is 0 Å². The van der Waals surface area contributed by atoms with Crippen molar-refractivity contribution < 1.29 is 23.8 Å². The summed E-state index contributed by atoms with van der Waals surface area (Å²) in [4.78, 5) is 38.4. The quantitative estimate of drug-likeness (QED) is 0.350. The van der Waals surface area contributed by atoms with Crippen LogP contribution in [0.3, 0.4) is 0 Å². The summed E-state index contributed by atoms with van der Waals surface area (Å²) < 4.78 is 18.3. The van der Waals surface area contributed by atoms with Crippen molar-refractivity contribution in [2.24, 2.45) is 12.8 Å². The predicted octanol–water partition coefficient (Wildman–Crippen LogP) is 3.63. The van der Waals surface area contributed by atoms with Gasteiger partial charge < -0.3 is 29.7 Å². The maximum Gasteiger partial charge on any atom is 0.410 e. The van der Waals surface area contributed by atoms with Crippen LogP contribution in [0.25, 0.3) is 33.2 Å². The molecule has 0 atom stereocenters. The van der Waals surface area contributed by atoms with E-state index >= 15 is 0 Å². The van der Waals surface area contributed by atoms with Crippen molar-refractivity contribution in [3.63, 3.8) is 0 Å². The molecule has 12 nitrogen and oxygen atoms in total. The number of anilines is 1. The van der Waals surface area contributed by atoms with Crippen LogP contribution in [0.15, 0.2) is 30.5 Å². The van der Waals surface area contributed by atoms with Crippen molar-refractivity contribution in [3.8, 4) is 17.1 Å². The average molecular weight is 562 g/mol. The number of aromatic nitrogens is 4. The van der Waals surface area contributed by atoms with E-state index in [2.05, 4.69) is 15.0 Å². The third-order valence-corrected chi connectivity index (χ3v) is 6.87. The van der Waals surface area contributed by atoms with Crippen molar-refractivity contribution in [2.45, 2.75) is 33.3 Å². The second-order valence-corrected chi connectivity index (χ2v) is 11.1. The Bertz CT molecular complexity index is 1630. The number of aryl methyl sites for hydroxylation is 2. The van der Waals surface area contributed by atoms with E-state index in [1.807, 2.05) is 65.2 Å². The molecule has 1 saturated heterocycles. The van der Waals surface area contributed by atoms with Gasteiger partial charge in [0.15, 0.2) is 12.6 Å². The highest BCUT2D eigenvalue weighted by Gasteiger charge is 2.27. The Balaban J connectivity index is 1.50. The Kier molecular flexibility index (Phi) is 7.43. The Morgan fingerprint density at radius 2 is 1.80 bits per heavy atom. The van der Waals surface area contributed by atoms with E-state index in [1.54, 1.807) is 16.7 Å². The van der Waals surface area contributed by atoms with Crippen LogP contribution in [0.5, 0.6) is 5.75 Å². The fraction of sp³-hybridized carbons (Fsp3) is 0.414. The minimum absolute atomic E-state index is 0.0208. The second-order valence-electron chi connectivity index (χ2n) is 11.1. The molecule has 5 rings (SSSR count). The van der Waals surface area contributed by atoms with Gasteiger partial charge in [0.2, 0.25) is 0 Å². The number of nitrogens with zero attached hydrogens (tertiary/aromatic N) is 6. The van der Waals surface area contributed by atoms with Gasteiger partial charge in [-0.25, -0.2) is 14.8 Å². The molecule has 41 heavy (non-hydrogen) atoms. The molecule has 0 saturated carbocycles. The number of carbonyl (C=O) groups excluding carboxylic acids is 2. The van der Waals surface area contributed by atoms with Crippen molar-refractivity contribution in [1.29, 1.82) is 0 Å². The molecule has 2 aromatic carbocycles. The van der Waals surface area contributed by atoms with Crippen molar-refractivity contribution >= 4 is 39.5 Å². The fourth-order valence-electron chi connectivity index (χ4n) is 5.00. The Morgan fingerprint density at radius 3 is 2.46 bits per heavy atom. The van der Waals surface area contributed by atoms with E-state index < -0.39 is 11.5 Å². The Hall–Kier alpha value is -4.45. The number of ether oxygens (including phenoxy) is 3. The number of rotatable bonds is 6. The number of primary amides is 1. The highest BCUT2D eigenvalue weighted by Crippen LogP contribution is 2.37. The first-order valence-corrected chi connectivity index (χ1v) is 13.4. The second kappa shape index (κ2) is 10.8. The standard InChI is InChI=1S/C29H35N7O5/c1-17-23-18(15-34(5)33-23)13-21(25(17)40-16-39-6)27-31-22-8-7-19(14-20(22)24(32-27)26(30)37)35-9-11-36(12-10-35)28(38)41-29(2,3)4/h7-8,13-15H,9-12,16H2,1-6H3,(H2,30,37). The maximum absolute atomic E-state index is 12.7. The molecule has 0 aliphatic carbocycles. The summed E-state index contributed by atoms with van der Waals surface area (Å²) in [5.74, 6) is 0.168. The Labute approximate surface area is 238 Å². The van der Waals surface area contributed by atoms with Gasteiger partial charge >= 0.3 is 6.09 Å². The van der Waals surface area contributed by atoms with Crippen molar-refractivity contribution in [1.82, 2.24) is 24.6 Å². The van der Waals surface area contributed by atoms with Crippen LogP contribution in [0.1, 0.15) is 36.8 Å². The SMILES string of the molecule is COCOc1c(-c2nc(C(N)=O)c3cc(N4CCN(C(=O)OC(C)(C)C)CC4)ccc3n2)cc2cn(C)nc2c1C. The summed E-state index contributed by atoms with van der Waals surface area (Å²) in [5, 5.41) is 5.98. The van der Waals surface area contributed by atoms with Crippen LogP contribution < -0.4 is 15.4 Å². The highest BCUT2D eigenvalue weighted by atomic mass is 16.7. The minimum atomic E-state index is -0.663. The van der Waals surface area contributed by atoms with E-state index in [0.29, 0.717) is 54.2 Å². The van der Waals surface area contributed by atoms with Crippen molar-refractivity contribution in [2.75, 3.05) is 45.0 Å². The molecule has 0 bridgehead atoms.